The molecule has 2 heterocycles. The van der Waals surface area contributed by atoms with Crippen LogP contribution in [-0.2, 0) is 0 Å². The van der Waals surface area contributed by atoms with Crippen molar-refractivity contribution in [2.45, 2.75) is 20.8 Å². The standard InChI is InChI=1S/C19H18ClN3O2/c1-12-9-15(11-21-22-19(24)18-8-7-13(2)25-18)14(3)23(12)17-6-4-5-16(20)10-17/h4-11H,1-3H3,(H,22,24)/b21-11-. The SMILES string of the molecule is Cc1ccc(C(=O)N/N=C\c2cc(C)n(-c3cccc(Cl)c3)c2C)o1. The van der Waals surface area contributed by atoms with Crippen LogP contribution in [0.2, 0.25) is 5.02 Å². The van der Waals surface area contributed by atoms with Gasteiger partial charge in [-0.15, -0.1) is 0 Å². The number of hydrogen-bond acceptors (Lipinski definition) is 3. The van der Waals surface area contributed by atoms with Crippen LogP contribution in [0.1, 0.15) is 33.3 Å². The first-order chi connectivity index (χ1) is 12.0. The number of halogens is 1. The highest BCUT2D eigenvalue weighted by atomic mass is 35.5. The number of carbonyl (C=O) groups is 1. The normalized spacial score (nSPS) is 11.2. The number of furan rings is 1. The topological polar surface area (TPSA) is 59.5 Å². The van der Waals surface area contributed by atoms with E-state index in [-0.39, 0.29) is 11.7 Å². The molecule has 0 atom stereocenters. The second kappa shape index (κ2) is 6.99. The van der Waals surface area contributed by atoms with Gasteiger partial charge >= 0.3 is 5.91 Å². The highest BCUT2D eigenvalue weighted by Gasteiger charge is 2.11. The number of aromatic nitrogens is 1. The van der Waals surface area contributed by atoms with Crippen molar-refractivity contribution in [3.63, 3.8) is 0 Å². The molecule has 0 unspecified atom stereocenters. The van der Waals surface area contributed by atoms with Crippen LogP contribution < -0.4 is 5.43 Å². The summed E-state index contributed by atoms with van der Waals surface area (Å²) in [5.41, 5.74) is 6.42. The lowest BCUT2D eigenvalue weighted by Crippen LogP contribution is -2.16. The van der Waals surface area contributed by atoms with E-state index in [0.29, 0.717) is 10.8 Å². The molecule has 0 aliphatic heterocycles. The number of hydrazone groups is 1. The molecule has 128 valence electrons. The predicted molar refractivity (Wildman–Crippen MR) is 98.8 cm³/mol. The van der Waals surface area contributed by atoms with E-state index >= 15 is 0 Å². The number of rotatable bonds is 4. The summed E-state index contributed by atoms with van der Waals surface area (Å²) in [4.78, 5) is 11.9. The van der Waals surface area contributed by atoms with Crippen LogP contribution in [0.3, 0.4) is 0 Å². The number of nitrogens with zero attached hydrogens (tertiary/aromatic N) is 2. The summed E-state index contributed by atoms with van der Waals surface area (Å²) in [6.07, 6.45) is 1.62. The monoisotopic (exact) mass is 355 g/mol. The Bertz CT molecular complexity index is 953. The molecule has 0 saturated heterocycles. The van der Waals surface area contributed by atoms with Crippen LogP contribution in [0.4, 0.5) is 0 Å². The van der Waals surface area contributed by atoms with E-state index in [1.165, 1.54) is 0 Å². The summed E-state index contributed by atoms with van der Waals surface area (Å²) in [5, 5.41) is 4.71. The fourth-order valence-corrected chi connectivity index (χ4v) is 2.89. The van der Waals surface area contributed by atoms with E-state index < -0.39 is 0 Å². The van der Waals surface area contributed by atoms with Crippen molar-refractivity contribution in [1.29, 1.82) is 0 Å². The van der Waals surface area contributed by atoms with Gasteiger partial charge < -0.3 is 8.98 Å². The average molecular weight is 356 g/mol. The van der Waals surface area contributed by atoms with Gasteiger partial charge in [0.15, 0.2) is 5.76 Å². The Kier molecular flexibility index (Phi) is 4.76. The first kappa shape index (κ1) is 17.0. The molecule has 0 radical (unpaired) electrons. The first-order valence-corrected chi connectivity index (χ1v) is 8.18. The first-order valence-electron chi connectivity index (χ1n) is 7.80. The van der Waals surface area contributed by atoms with Crippen molar-refractivity contribution < 1.29 is 9.21 Å². The fraction of sp³-hybridized carbons (Fsp3) is 0.158. The zero-order valence-electron chi connectivity index (χ0n) is 14.2. The van der Waals surface area contributed by atoms with E-state index in [1.807, 2.05) is 44.2 Å². The Hall–Kier alpha value is -2.79. The molecule has 25 heavy (non-hydrogen) atoms. The molecule has 5 nitrogen and oxygen atoms in total. The zero-order valence-corrected chi connectivity index (χ0v) is 15.0. The van der Waals surface area contributed by atoms with E-state index in [4.69, 9.17) is 16.0 Å². The van der Waals surface area contributed by atoms with Crippen LogP contribution in [0.5, 0.6) is 0 Å². The summed E-state index contributed by atoms with van der Waals surface area (Å²) in [6, 6.07) is 13.0. The molecular formula is C19H18ClN3O2. The molecule has 3 rings (SSSR count). The second-order valence-corrected chi connectivity index (χ2v) is 6.19. The van der Waals surface area contributed by atoms with Gasteiger partial charge in [0.2, 0.25) is 0 Å². The Morgan fingerprint density at radius 2 is 2.00 bits per heavy atom. The number of benzene rings is 1. The number of aryl methyl sites for hydroxylation is 2. The fourth-order valence-electron chi connectivity index (χ4n) is 2.70. The second-order valence-electron chi connectivity index (χ2n) is 5.75. The van der Waals surface area contributed by atoms with Gasteiger partial charge in [-0.2, -0.15) is 5.10 Å². The molecule has 0 spiro atoms. The molecular weight excluding hydrogens is 338 g/mol. The van der Waals surface area contributed by atoms with Crippen LogP contribution in [0.25, 0.3) is 5.69 Å². The summed E-state index contributed by atoms with van der Waals surface area (Å²) < 4.78 is 7.35. The van der Waals surface area contributed by atoms with E-state index in [0.717, 1.165) is 22.6 Å². The van der Waals surface area contributed by atoms with Gasteiger partial charge in [-0.3, -0.25) is 4.79 Å². The molecule has 1 amide bonds. The largest absolute Gasteiger partial charge is 0.456 e. The summed E-state index contributed by atoms with van der Waals surface area (Å²) in [7, 11) is 0. The molecule has 0 fully saturated rings. The van der Waals surface area contributed by atoms with Crippen molar-refractivity contribution in [3.05, 3.63) is 76.0 Å². The maximum absolute atomic E-state index is 11.9. The molecule has 1 N–H and O–H groups in total. The van der Waals surface area contributed by atoms with Gasteiger partial charge in [0.1, 0.15) is 5.76 Å². The van der Waals surface area contributed by atoms with Crippen molar-refractivity contribution in [1.82, 2.24) is 9.99 Å². The quantitative estimate of drug-likeness (QED) is 0.556. The number of carbonyl (C=O) groups excluding carboxylic acids is 1. The minimum atomic E-state index is -0.381. The smallest absolute Gasteiger partial charge is 0.307 e. The lowest BCUT2D eigenvalue weighted by atomic mass is 10.2. The van der Waals surface area contributed by atoms with Gasteiger partial charge in [0, 0.05) is 27.7 Å². The van der Waals surface area contributed by atoms with Crippen LogP contribution in [-0.4, -0.2) is 16.7 Å². The molecule has 0 aliphatic rings. The Labute approximate surface area is 150 Å². The van der Waals surface area contributed by atoms with E-state index in [1.54, 1.807) is 25.3 Å². The Balaban J connectivity index is 1.80. The van der Waals surface area contributed by atoms with Crippen molar-refractivity contribution in [2.75, 3.05) is 0 Å². The molecule has 0 bridgehead atoms. The van der Waals surface area contributed by atoms with E-state index in [9.17, 15) is 4.79 Å². The lowest BCUT2D eigenvalue weighted by molar-refractivity contribution is 0.0926. The molecule has 0 aliphatic carbocycles. The van der Waals surface area contributed by atoms with Crippen molar-refractivity contribution >= 4 is 23.7 Å². The Morgan fingerprint density at radius 1 is 1.20 bits per heavy atom. The molecule has 1 aromatic carbocycles. The van der Waals surface area contributed by atoms with E-state index in [2.05, 4.69) is 15.1 Å². The summed E-state index contributed by atoms with van der Waals surface area (Å²) >= 11 is 6.09. The highest BCUT2D eigenvalue weighted by Crippen LogP contribution is 2.22. The summed E-state index contributed by atoms with van der Waals surface area (Å²) in [5.74, 6) is 0.534. The lowest BCUT2D eigenvalue weighted by Gasteiger charge is -2.09. The minimum Gasteiger partial charge on any atom is -0.456 e. The molecule has 3 aromatic rings. The van der Waals surface area contributed by atoms with Crippen molar-refractivity contribution in [2.24, 2.45) is 5.10 Å². The Morgan fingerprint density at radius 3 is 2.68 bits per heavy atom. The van der Waals surface area contributed by atoms with Gasteiger partial charge in [-0.05, 0) is 57.2 Å². The molecule has 6 heteroatoms. The third-order valence-electron chi connectivity index (χ3n) is 3.87. The number of amides is 1. The zero-order chi connectivity index (χ0) is 18.0. The predicted octanol–water partition coefficient (Wildman–Crippen LogP) is 4.41. The maximum atomic E-state index is 11.9. The molecule has 0 saturated carbocycles. The van der Waals surface area contributed by atoms with Crippen molar-refractivity contribution in [3.8, 4) is 5.69 Å². The van der Waals surface area contributed by atoms with Gasteiger partial charge in [0.25, 0.3) is 0 Å². The van der Waals surface area contributed by atoms with Crippen LogP contribution >= 0.6 is 11.6 Å². The van der Waals surface area contributed by atoms with Crippen LogP contribution in [0.15, 0.2) is 52.0 Å². The third kappa shape index (κ3) is 3.67. The highest BCUT2D eigenvalue weighted by molar-refractivity contribution is 6.30. The minimum absolute atomic E-state index is 0.235. The molecule has 2 aromatic heterocycles. The summed E-state index contributed by atoms with van der Waals surface area (Å²) in [6.45, 7) is 5.78. The van der Waals surface area contributed by atoms with Crippen LogP contribution in [0, 0.1) is 20.8 Å². The van der Waals surface area contributed by atoms with Gasteiger partial charge in [0.05, 0.1) is 6.21 Å². The van der Waals surface area contributed by atoms with Gasteiger partial charge in [-0.25, -0.2) is 5.43 Å². The third-order valence-corrected chi connectivity index (χ3v) is 4.11. The number of nitrogens with one attached hydrogen (secondary N) is 1. The van der Waals surface area contributed by atoms with Gasteiger partial charge in [-0.1, -0.05) is 17.7 Å². The number of hydrogen-bond donors (Lipinski definition) is 1. The maximum Gasteiger partial charge on any atom is 0.307 e. The average Bonchev–Trinajstić information content (AvgIpc) is 3.11.